The van der Waals surface area contributed by atoms with Gasteiger partial charge < -0.3 is 9.64 Å². The van der Waals surface area contributed by atoms with Gasteiger partial charge in [-0.1, -0.05) is 26.2 Å². The fourth-order valence-electron chi connectivity index (χ4n) is 4.06. The molecule has 0 aromatic carbocycles. The van der Waals surface area contributed by atoms with E-state index in [1.165, 1.54) is 34.9 Å². The summed E-state index contributed by atoms with van der Waals surface area (Å²) in [5.41, 5.74) is 1.56. The first-order valence-electron chi connectivity index (χ1n) is 10.7. The number of rotatable bonds is 9. The van der Waals surface area contributed by atoms with Crippen LogP contribution in [0.15, 0.2) is 6.20 Å². The van der Waals surface area contributed by atoms with E-state index in [4.69, 9.17) is 9.94 Å². The predicted octanol–water partition coefficient (Wildman–Crippen LogP) is 2.19. The minimum atomic E-state index is -3.94. The number of hydrogen-bond acceptors (Lipinski definition) is 8. The number of piperazine rings is 1. The molecule has 9 nitrogen and oxygen atoms in total. The minimum absolute atomic E-state index is 0. The largest absolute Gasteiger partial charge is 0.381 e. The molecule has 3 rings (SSSR count). The number of aryl methyl sites for hydroxylation is 1. The van der Waals surface area contributed by atoms with Gasteiger partial charge in [0.25, 0.3) is 5.91 Å². The zero-order valence-electron chi connectivity index (χ0n) is 17.9. The van der Waals surface area contributed by atoms with E-state index in [-0.39, 0.29) is 51.6 Å². The molecule has 0 radical (unpaired) electrons. The van der Waals surface area contributed by atoms with Crippen LogP contribution < -0.4 is 10.4 Å². The molecule has 2 aliphatic heterocycles. The summed E-state index contributed by atoms with van der Waals surface area (Å²) in [7, 11) is -3.94. The van der Waals surface area contributed by atoms with Gasteiger partial charge in [-0.15, -0.1) is 23.7 Å². The topological polar surface area (TPSA) is 112 Å². The van der Waals surface area contributed by atoms with Gasteiger partial charge >= 0.3 is 0 Å². The van der Waals surface area contributed by atoms with Crippen molar-refractivity contribution in [3.8, 4) is 0 Å². The van der Waals surface area contributed by atoms with Crippen molar-refractivity contribution in [1.82, 2.24) is 14.8 Å². The molecule has 12 heteroatoms. The number of hydrogen-bond donors (Lipinski definition) is 2. The molecule has 1 aromatic rings. The summed E-state index contributed by atoms with van der Waals surface area (Å²) >= 11 is 1.68. The molecule has 0 aliphatic carbocycles. The van der Waals surface area contributed by atoms with Crippen LogP contribution in [-0.2, 0) is 26.0 Å². The van der Waals surface area contributed by atoms with Crippen LogP contribution in [0, 0.1) is 0 Å². The van der Waals surface area contributed by atoms with Crippen molar-refractivity contribution in [1.29, 1.82) is 0 Å². The number of aromatic nitrogens is 1. The number of thiazole rings is 1. The second-order valence-electron chi connectivity index (χ2n) is 7.86. The van der Waals surface area contributed by atoms with E-state index >= 15 is 0 Å². The number of anilines is 1. The molecule has 0 unspecified atom stereocenters. The molecule has 1 amide bonds. The molecule has 3 heterocycles. The molecule has 2 aliphatic rings. The quantitative estimate of drug-likeness (QED) is 0.306. The Morgan fingerprint density at radius 2 is 1.90 bits per heavy atom. The fraction of sp³-hybridized carbons (Fsp3) is 0.789. The van der Waals surface area contributed by atoms with Gasteiger partial charge in [-0.05, 0) is 12.8 Å². The highest BCUT2D eigenvalue weighted by atomic mass is 35.5. The molecule has 0 spiro atoms. The van der Waals surface area contributed by atoms with Crippen LogP contribution in [0.5, 0.6) is 0 Å². The molecule has 0 bridgehead atoms. The molecule has 1 aromatic heterocycles. The molecule has 2 fully saturated rings. The number of nitrogens with one attached hydrogen (secondary N) is 1. The molecule has 178 valence electrons. The first-order valence-corrected chi connectivity index (χ1v) is 12.9. The SMILES string of the molecule is CCCCCCc1cnc(N2CCN(S(=O)(=O)C3(C(=O)NO)CCOCC3)CC2)s1.Cl. The summed E-state index contributed by atoms with van der Waals surface area (Å²) in [5.74, 6) is -0.874. The first kappa shape index (κ1) is 26.3. The third-order valence-electron chi connectivity index (χ3n) is 5.98. The van der Waals surface area contributed by atoms with Gasteiger partial charge in [0, 0.05) is 63.3 Å². The van der Waals surface area contributed by atoms with E-state index in [9.17, 15) is 13.2 Å². The maximum Gasteiger partial charge on any atom is 0.266 e. The molecule has 2 saturated heterocycles. The summed E-state index contributed by atoms with van der Waals surface area (Å²) in [4.78, 5) is 20.3. The van der Waals surface area contributed by atoms with Crippen molar-refractivity contribution < 1.29 is 23.2 Å². The standard InChI is InChI=1S/C19H32N4O5S2.ClH/c1-2-3-4-5-6-16-15-20-18(29-16)22-9-11-23(12-10-22)30(26,27)19(17(24)21-25)7-13-28-14-8-19;/h15,25H,2-14H2,1H3,(H,21,24);1H. The molecule has 0 saturated carbocycles. The number of amides is 1. The number of ether oxygens (including phenoxy) is 1. The number of unbranched alkanes of at least 4 members (excludes halogenated alkanes) is 3. The molecular weight excluding hydrogens is 464 g/mol. The van der Waals surface area contributed by atoms with Crippen LogP contribution in [0.2, 0.25) is 0 Å². The van der Waals surface area contributed by atoms with Gasteiger partial charge in [-0.2, -0.15) is 4.31 Å². The van der Waals surface area contributed by atoms with Crippen LogP contribution in [0.3, 0.4) is 0 Å². The number of nitrogens with zero attached hydrogens (tertiary/aromatic N) is 3. The second kappa shape index (κ2) is 11.8. The van der Waals surface area contributed by atoms with Crippen molar-refractivity contribution in [2.75, 3.05) is 44.3 Å². The van der Waals surface area contributed by atoms with Gasteiger partial charge in [-0.25, -0.2) is 18.9 Å². The van der Waals surface area contributed by atoms with Gasteiger partial charge in [0.15, 0.2) is 9.88 Å². The Labute approximate surface area is 194 Å². The van der Waals surface area contributed by atoms with Crippen molar-refractivity contribution in [3.05, 3.63) is 11.1 Å². The molecule has 0 atom stereocenters. The third-order valence-corrected chi connectivity index (χ3v) is 9.72. The zero-order chi connectivity index (χ0) is 21.6. The van der Waals surface area contributed by atoms with E-state index in [0.29, 0.717) is 13.1 Å². The van der Waals surface area contributed by atoms with Crippen LogP contribution in [0.25, 0.3) is 0 Å². The van der Waals surface area contributed by atoms with Crippen LogP contribution >= 0.6 is 23.7 Å². The molecular formula is C19H33ClN4O5S2. The summed E-state index contributed by atoms with van der Waals surface area (Å²) in [6.07, 6.45) is 7.91. The van der Waals surface area contributed by atoms with Crippen LogP contribution in [0.4, 0.5) is 5.13 Å². The number of sulfonamides is 1. The smallest absolute Gasteiger partial charge is 0.266 e. The van der Waals surface area contributed by atoms with Crippen LogP contribution in [-0.4, -0.2) is 73.0 Å². The number of halogens is 1. The van der Waals surface area contributed by atoms with E-state index in [1.807, 2.05) is 6.20 Å². The maximum atomic E-state index is 13.3. The number of carbonyl (C=O) groups is 1. The van der Waals surface area contributed by atoms with Crippen molar-refractivity contribution in [3.63, 3.8) is 0 Å². The second-order valence-corrected chi connectivity index (χ2v) is 11.2. The van der Waals surface area contributed by atoms with Gasteiger partial charge in [0.05, 0.1) is 0 Å². The Kier molecular flexibility index (Phi) is 9.97. The van der Waals surface area contributed by atoms with Crippen molar-refractivity contribution >= 4 is 44.8 Å². The Hall–Kier alpha value is -0.980. The Balaban J connectivity index is 0.00000341. The monoisotopic (exact) mass is 496 g/mol. The Bertz CT molecular complexity index is 806. The van der Waals surface area contributed by atoms with Crippen molar-refractivity contribution in [2.45, 2.75) is 56.6 Å². The summed E-state index contributed by atoms with van der Waals surface area (Å²) in [6, 6.07) is 0. The Morgan fingerprint density at radius 3 is 2.52 bits per heavy atom. The normalized spacial score (nSPS) is 19.6. The van der Waals surface area contributed by atoms with E-state index < -0.39 is 20.7 Å². The highest BCUT2D eigenvalue weighted by Crippen LogP contribution is 2.34. The number of hydroxylamine groups is 1. The third kappa shape index (κ3) is 5.69. The van der Waals surface area contributed by atoms with Gasteiger partial charge in [-0.3, -0.25) is 10.0 Å². The highest BCUT2D eigenvalue weighted by molar-refractivity contribution is 7.91. The zero-order valence-corrected chi connectivity index (χ0v) is 20.4. The predicted molar refractivity (Wildman–Crippen MR) is 123 cm³/mol. The maximum absolute atomic E-state index is 13.3. The summed E-state index contributed by atoms with van der Waals surface area (Å²) in [5, 5.41) is 10.1. The van der Waals surface area contributed by atoms with Gasteiger partial charge in [0.1, 0.15) is 0 Å². The first-order chi connectivity index (χ1) is 14.4. The number of carbonyl (C=O) groups excluding carboxylic acids is 1. The lowest BCUT2D eigenvalue weighted by Crippen LogP contribution is -2.62. The van der Waals surface area contributed by atoms with E-state index in [1.54, 1.807) is 16.8 Å². The lowest BCUT2D eigenvalue weighted by atomic mass is 9.98. The van der Waals surface area contributed by atoms with Crippen LogP contribution in [0.1, 0.15) is 50.3 Å². The lowest BCUT2D eigenvalue weighted by Gasteiger charge is -2.41. The average Bonchev–Trinajstić information content (AvgIpc) is 3.25. The Morgan fingerprint density at radius 1 is 1.23 bits per heavy atom. The van der Waals surface area contributed by atoms with E-state index in [2.05, 4.69) is 16.8 Å². The summed E-state index contributed by atoms with van der Waals surface area (Å²) < 4.78 is 31.7. The van der Waals surface area contributed by atoms with Gasteiger partial charge in [0.2, 0.25) is 10.0 Å². The molecule has 2 N–H and O–H groups in total. The minimum Gasteiger partial charge on any atom is -0.381 e. The molecule has 31 heavy (non-hydrogen) atoms. The average molecular weight is 497 g/mol. The van der Waals surface area contributed by atoms with E-state index in [0.717, 1.165) is 11.6 Å². The van der Waals surface area contributed by atoms with Crippen molar-refractivity contribution in [2.24, 2.45) is 0 Å². The lowest BCUT2D eigenvalue weighted by molar-refractivity contribution is -0.134. The fourth-order valence-corrected chi connectivity index (χ4v) is 7.16. The summed E-state index contributed by atoms with van der Waals surface area (Å²) in [6.45, 7) is 4.17. The highest BCUT2D eigenvalue weighted by Gasteiger charge is 2.54.